The van der Waals surface area contributed by atoms with Crippen molar-refractivity contribution in [1.29, 1.82) is 0 Å². The second-order valence-corrected chi connectivity index (χ2v) is 6.12. The number of piperidine rings is 1. The quantitative estimate of drug-likeness (QED) is 0.651. The molecule has 0 radical (unpaired) electrons. The van der Waals surface area contributed by atoms with Gasteiger partial charge in [0.05, 0.1) is 32.8 Å². The first-order chi connectivity index (χ1) is 12.1. The maximum absolute atomic E-state index is 12.6. The van der Waals surface area contributed by atoms with Crippen LogP contribution >= 0.6 is 0 Å². The highest BCUT2D eigenvalue weighted by Gasteiger charge is 2.39. The molecule has 1 fully saturated rings. The van der Waals surface area contributed by atoms with Gasteiger partial charge in [-0.25, -0.2) is 0 Å². The number of methoxy groups -OCH3 is 3. The fraction of sp³-hybridized carbons (Fsp3) is 0.611. The highest BCUT2D eigenvalue weighted by molar-refractivity contribution is 5.83. The Morgan fingerprint density at radius 3 is 2.24 bits per heavy atom. The van der Waals surface area contributed by atoms with E-state index < -0.39 is 5.41 Å². The molecule has 140 valence electrons. The SMILES string of the molecule is COCC1(C(=O)NCCOc2cc(OC)cc(OC)c2)CCNCC1. The predicted octanol–water partition coefficient (Wildman–Crippen LogP) is 1.21. The third-order valence-electron chi connectivity index (χ3n) is 4.44. The van der Waals surface area contributed by atoms with E-state index in [0.717, 1.165) is 25.9 Å². The first-order valence-corrected chi connectivity index (χ1v) is 8.47. The molecule has 1 aromatic carbocycles. The lowest BCUT2D eigenvalue weighted by atomic mass is 9.78. The van der Waals surface area contributed by atoms with Crippen LogP contribution in [-0.2, 0) is 9.53 Å². The second kappa shape index (κ2) is 9.48. The Labute approximate surface area is 149 Å². The highest BCUT2D eigenvalue weighted by atomic mass is 16.5. The maximum Gasteiger partial charge on any atom is 0.228 e. The number of benzene rings is 1. The van der Waals surface area contributed by atoms with Crippen LogP contribution in [0.2, 0.25) is 0 Å². The third-order valence-corrected chi connectivity index (χ3v) is 4.44. The summed E-state index contributed by atoms with van der Waals surface area (Å²) in [6.45, 7) is 2.89. The Kier molecular flexibility index (Phi) is 7.33. The number of carbonyl (C=O) groups is 1. The summed E-state index contributed by atoms with van der Waals surface area (Å²) in [4.78, 5) is 12.6. The number of hydrogen-bond acceptors (Lipinski definition) is 6. The molecule has 0 aromatic heterocycles. The number of rotatable bonds is 9. The summed E-state index contributed by atoms with van der Waals surface area (Å²) in [7, 11) is 4.82. The fourth-order valence-corrected chi connectivity index (χ4v) is 3.00. The first kappa shape index (κ1) is 19.3. The summed E-state index contributed by atoms with van der Waals surface area (Å²) in [5, 5.41) is 6.25. The minimum Gasteiger partial charge on any atom is -0.496 e. The molecule has 25 heavy (non-hydrogen) atoms. The molecular weight excluding hydrogens is 324 g/mol. The highest BCUT2D eigenvalue weighted by Crippen LogP contribution is 2.29. The molecule has 0 atom stereocenters. The van der Waals surface area contributed by atoms with Gasteiger partial charge in [0, 0.05) is 25.3 Å². The first-order valence-electron chi connectivity index (χ1n) is 8.47. The summed E-state index contributed by atoms with van der Waals surface area (Å²) >= 11 is 0. The van der Waals surface area contributed by atoms with Gasteiger partial charge in [-0.2, -0.15) is 0 Å². The molecule has 7 nitrogen and oxygen atoms in total. The van der Waals surface area contributed by atoms with Crippen molar-refractivity contribution >= 4 is 5.91 Å². The van der Waals surface area contributed by atoms with Crippen molar-refractivity contribution < 1.29 is 23.7 Å². The zero-order chi connectivity index (χ0) is 18.1. The summed E-state index contributed by atoms with van der Waals surface area (Å²) in [6, 6.07) is 5.34. The van der Waals surface area contributed by atoms with Crippen LogP contribution in [-0.4, -0.2) is 60.1 Å². The molecule has 0 unspecified atom stereocenters. The molecular formula is C18H28N2O5. The van der Waals surface area contributed by atoms with Crippen LogP contribution in [0.3, 0.4) is 0 Å². The van der Waals surface area contributed by atoms with Crippen LogP contribution in [0, 0.1) is 5.41 Å². The lowest BCUT2D eigenvalue weighted by molar-refractivity contribution is -0.136. The molecule has 7 heteroatoms. The standard InChI is InChI=1S/C18H28N2O5/c1-22-13-18(4-6-19-7-5-18)17(21)20-8-9-25-16-11-14(23-2)10-15(12-16)24-3/h10-12,19H,4-9,13H2,1-3H3,(H,20,21). The van der Waals surface area contributed by atoms with E-state index in [9.17, 15) is 4.79 Å². The van der Waals surface area contributed by atoms with Crippen molar-refractivity contribution in [2.45, 2.75) is 12.8 Å². The normalized spacial score (nSPS) is 16.1. The molecule has 0 saturated carbocycles. The van der Waals surface area contributed by atoms with Gasteiger partial charge in [-0.15, -0.1) is 0 Å². The summed E-state index contributed by atoms with van der Waals surface area (Å²) < 4.78 is 21.4. The van der Waals surface area contributed by atoms with Crippen molar-refractivity contribution in [3.63, 3.8) is 0 Å². The van der Waals surface area contributed by atoms with Crippen LogP contribution in [0.5, 0.6) is 17.2 Å². The van der Waals surface area contributed by atoms with Crippen molar-refractivity contribution in [3.05, 3.63) is 18.2 Å². The van der Waals surface area contributed by atoms with Gasteiger partial charge in [-0.3, -0.25) is 4.79 Å². The van der Waals surface area contributed by atoms with Crippen LogP contribution in [0.15, 0.2) is 18.2 Å². The molecule has 1 aromatic rings. The Bertz CT molecular complexity index is 531. The van der Waals surface area contributed by atoms with E-state index in [1.54, 1.807) is 39.5 Å². The van der Waals surface area contributed by atoms with Gasteiger partial charge in [0.1, 0.15) is 23.9 Å². The molecule has 1 amide bonds. The monoisotopic (exact) mass is 352 g/mol. The van der Waals surface area contributed by atoms with E-state index in [-0.39, 0.29) is 5.91 Å². The third kappa shape index (κ3) is 5.24. The summed E-state index contributed by atoms with van der Waals surface area (Å²) in [5.41, 5.74) is -0.445. The topological polar surface area (TPSA) is 78.1 Å². The van der Waals surface area contributed by atoms with Gasteiger partial charge in [-0.1, -0.05) is 0 Å². The van der Waals surface area contributed by atoms with Crippen LogP contribution < -0.4 is 24.8 Å². The number of carbonyl (C=O) groups excluding carboxylic acids is 1. The molecule has 1 heterocycles. The molecule has 2 rings (SSSR count). The van der Waals surface area contributed by atoms with Gasteiger partial charge < -0.3 is 29.6 Å². The summed E-state index contributed by atoms with van der Waals surface area (Å²) in [6.07, 6.45) is 1.56. The zero-order valence-electron chi connectivity index (χ0n) is 15.2. The van der Waals surface area contributed by atoms with E-state index in [4.69, 9.17) is 18.9 Å². The lowest BCUT2D eigenvalue weighted by Gasteiger charge is -2.35. The van der Waals surface area contributed by atoms with Gasteiger partial charge in [0.15, 0.2) is 0 Å². The number of amides is 1. The number of ether oxygens (including phenoxy) is 4. The van der Waals surface area contributed by atoms with E-state index in [1.165, 1.54) is 0 Å². The van der Waals surface area contributed by atoms with Crippen molar-refractivity contribution in [2.24, 2.45) is 5.41 Å². The average Bonchev–Trinajstić information content (AvgIpc) is 2.65. The Morgan fingerprint density at radius 1 is 1.08 bits per heavy atom. The Hall–Kier alpha value is -1.99. The average molecular weight is 352 g/mol. The smallest absolute Gasteiger partial charge is 0.228 e. The molecule has 0 spiro atoms. The van der Waals surface area contributed by atoms with Gasteiger partial charge in [-0.05, 0) is 25.9 Å². The van der Waals surface area contributed by atoms with Crippen molar-refractivity contribution in [3.8, 4) is 17.2 Å². The van der Waals surface area contributed by atoms with Crippen LogP contribution in [0.25, 0.3) is 0 Å². The van der Waals surface area contributed by atoms with E-state index >= 15 is 0 Å². The second-order valence-electron chi connectivity index (χ2n) is 6.12. The minimum absolute atomic E-state index is 0.0303. The summed E-state index contributed by atoms with van der Waals surface area (Å²) in [5.74, 6) is 1.99. The van der Waals surface area contributed by atoms with Crippen LogP contribution in [0.4, 0.5) is 0 Å². The minimum atomic E-state index is -0.445. The van der Waals surface area contributed by atoms with Gasteiger partial charge in [0.25, 0.3) is 0 Å². The maximum atomic E-state index is 12.6. The number of hydrogen-bond donors (Lipinski definition) is 2. The van der Waals surface area contributed by atoms with E-state index in [0.29, 0.717) is 37.0 Å². The molecule has 1 aliphatic heterocycles. The molecule has 0 bridgehead atoms. The van der Waals surface area contributed by atoms with Gasteiger partial charge >= 0.3 is 0 Å². The van der Waals surface area contributed by atoms with Gasteiger partial charge in [0.2, 0.25) is 5.91 Å². The van der Waals surface area contributed by atoms with E-state index in [2.05, 4.69) is 10.6 Å². The zero-order valence-corrected chi connectivity index (χ0v) is 15.2. The molecule has 2 N–H and O–H groups in total. The molecule has 1 saturated heterocycles. The van der Waals surface area contributed by atoms with Crippen molar-refractivity contribution in [2.75, 3.05) is 54.2 Å². The Balaban J connectivity index is 1.84. The fourth-order valence-electron chi connectivity index (χ4n) is 3.00. The van der Waals surface area contributed by atoms with Crippen LogP contribution in [0.1, 0.15) is 12.8 Å². The number of nitrogens with one attached hydrogen (secondary N) is 2. The molecule has 1 aliphatic rings. The predicted molar refractivity (Wildman–Crippen MR) is 94.5 cm³/mol. The Morgan fingerprint density at radius 2 is 1.68 bits per heavy atom. The van der Waals surface area contributed by atoms with Crippen molar-refractivity contribution in [1.82, 2.24) is 10.6 Å². The molecule has 0 aliphatic carbocycles. The lowest BCUT2D eigenvalue weighted by Crippen LogP contribution is -2.50. The van der Waals surface area contributed by atoms with E-state index in [1.807, 2.05) is 0 Å². The largest absolute Gasteiger partial charge is 0.496 e.